The predicted octanol–water partition coefficient (Wildman–Crippen LogP) is 3.79. The summed E-state index contributed by atoms with van der Waals surface area (Å²) in [5.74, 6) is 0.431. The lowest BCUT2D eigenvalue weighted by atomic mass is 10.1. The molecule has 0 radical (unpaired) electrons. The molecule has 0 aliphatic carbocycles. The van der Waals surface area contributed by atoms with E-state index >= 15 is 0 Å². The molecule has 0 aliphatic rings. The second kappa shape index (κ2) is 7.99. The van der Waals surface area contributed by atoms with Crippen LogP contribution in [0, 0.1) is 6.57 Å². The van der Waals surface area contributed by atoms with Gasteiger partial charge >= 0.3 is 0 Å². The molecule has 3 aromatic rings. The Hall–Kier alpha value is -3.21. The van der Waals surface area contributed by atoms with Gasteiger partial charge in [-0.25, -0.2) is 23.0 Å². The molecule has 0 unspecified atom stereocenters. The number of ether oxygens (including phenoxy) is 1. The molecular weight excluding hydrogens is 362 g/mol. The third kappa shape index (κ3) is 4.50. The van der Waals surface area contributed by atoms with Gasteiger partial charge < -0.3 is 4.74 Å². The fraction of sp³-hybridized carbons (Fsp3) is 0.100. The van der Waals surface area contributed by atoms with Crippen LogP contribution in [0.5, 0.6) is 5.88 Å². The second-order valence-electron chi connectivity index (χ2n) is 5.71. The van der Waals surface area contributed by atoms with Crippen molar-refractivity contribution in [2.45, 2.75) is 11.4 Å². The van der Waals surface area contributed by atoms with Crippen LogP contribution in [0.4, 0.5) is 5.69 Å². The van der Waals surface area contributed by atoms with Gasteiger partial charge in [0.2, 0.25) is 15.9 Å². The zero-order chi connectivity index (χ0) is 19.3. The normalized spacial score (nSPS) is 11.0. The molecule has 1 N–H and O–H groups in total. The van der Waals surface area contributed by atoms with E-state index in [2.05, 4.69) is 14.6 Å². The first-order valence-corrected chi connectivity index (χ1v) is 9.57. The zero-order valence-electron chi connectivity index (χ0n) is 14.6. The number of aromatic nitrogens is 1. The van der Waals surface area contributed by atoms with Crippen LogP contribution < -0.4 is 9.46 Å². The summed E-state index contributed by atoms with van der Waals surface area (Å²) in [5.41, 5.74) is 3.12. The molecule has 0 saturated heterocycles. The van der Waals surface area contributed by atoms with Gasteiger partial charge in [0, 0.05) is 18.8 Å². The predicted molar refractivity (Wildman–Crippen MR) is 103 cm³/mol. The van der Waals surface area contributed by atoms with Gasteiger partial charge in [-0.15, -0.1) is 0 Å². The number of pyridine rings is 1. The van der Waals surface area contributed by atoms with E-state index in [0.29, 0.717) is 11.6 Å². The van der Waals surface area contributed by atoms with Crippen molar-refractivity contribution in [1.29, 1.82) is 0 Å². The number of benzene rings is 2. The van der Waals surface area contributed by atoms with Crippen LogP contribution in [0.1, 0.15) is 5.56 Å². The van der Waals surface area contributed by atoms with Crippen molar-refractivity contribution in [3.8, 4) is 17.0 Å². The molecule has 1 heterocycles. The molecule has 3 rings (SSSR count). The lowest BCUT2D eigenvalue weighted by molar-refractivity contribution is 0.397. The molecule has 0 spiro atoms. The third-order valence-electron chi connectivity index (χ3n) is 3.97. The van der Waals surface area contributed by atoms with E-state index in [1.165, 1.54) is 7.11 Å². The Morgan fingerprint density at radius 3 is 2.26 bits per heavy atom. The minimum Gasteiger partial charge on any atom is -0.481 e. The lowest BCUT2D eigenvalue weighted by Crippen LogP contribution is -2.23. The molecule has 0 saturated carbocycles. The molecule has 0 fully saturated rings. The van der Waals surface area contributed by atoms with Crippen molar-refractivity contribution in [3.63, 3.8) is 0 Å². The molecule has 6 nitrogen and oxygen atoms in total. The number of nitrogens with zero attached hydrogens (tertiary/aromatic N) is 2. The van der Waals surface area contributed by atoms with E-state index in [9.17, 15) is 8.42 Å². The van der Waals surface area contributed by atoms with E-state index in [1.807, 2.05) is 12.1 Å². The molecule has 1 aromatic heterocycles. The summed E-state index contributed by atoms with van der Waals surface area (Å²) in [5, 5.41) is 0. The number of nitrogens with one attached hydrogen (secondary N) is 1. The third-order valence-corrected chi connectivity index (χ3v) is 5.39. The van der Waals surface area contributed by atoms with Crippen LogP contribution in [0.3, 0.4) is 0 Å². The molecule has 27 heavy (non-hydrogen) atoms. The zero-order valence-corrected chi connectivity index (χ0v) is 15.4. The maximum atomic E-state index is 12.5. The maximum absolute atomic E-state index is 12.5. The number of hydrogen-bond donors (Lipinski definition) is 1. The summed E-state index contributed by atoms with van der Waals surface area (Å²) >= 11 is 0. The Bertz CT molecular complexity index is 1070. The van der Waals surface area contributed by atoms with E-state index in [4.69, 9.17) is 11.3 Å². The van der Waals surface area contributed by atoms with Crippen LogP contribution in [-0.2, 0) is 16.6 Å². The van der Waals surface area contributed by atoms with Crippen molar-refractivity contribution >= 4 is 15.7 Å². The smallest absolute Gasteiger partial charge is 0.240 e. The quantitative estimate of drug-likeness (QED) is 0.662. The highest BCUT2D eigenvalue weighted by Gasteiger charge is 2.14. The molecule has 136 valence electrons. The minimum absolute atomic E-state index is 0.140. The van der Waals surface area contributed by atoms with Gasteiger partial charge in [0.05, 0.1) is 18.6 Å². The monoisotopic (exact) mass is 379 g/mol. The molecule has 0 atom stereocenters. The van der Waals surface area contributed by atoms with Gasteiger partial charge in [0.15, 0.2) is 5.69 Å². The maximum Gasteiger partial charge on any atom is 0.240 e. The SMILES string of the molecule is [C-]#[N+]c1ccc(-c2ccc(S(=O)(=O)NCc3ccnc(OC)c3)cc2)cc1. The first kappa shape index (κ1) is 18.6. The van der Waals surface area contributed by atoms with Gasteiger partial charge in [-0.2, -0.15) is 0 Å². The first-order valence-electron chi connectivity index (χ1n) is 8.08. The van der Waals surface area contributed by atoms with Crippen molar-refractivity contribution in [2.75, 3.05) is 7.11 Å². The average Bonchev–Trinajstić information content (AvgIpc) is 2.73. The Labute approximate surface area is 158 Å². The standard InChI is InChI=1S/C20H17N3O3S/c1-21-18-7-3-16(4-8-18)17-5-9-19(10-6-17)27(24,25)23-14-15-11-12-22-20(13-15)26-2/h3-13,23H,14H2,2H3. The Kier molecular flexibility index (Phi) is 5.50. The molecular formula is C20H17N3O3S. The van der Waals surface area contributed by atoms with E-state index in [-0.39, 0.29) is 11.4 Å². The molecule has 7 heteroatoms. The first-order chi connectivity index (χ1) is 13.0. The van der Waals surface area contributed by atoms with Crippen LogP contribution in [0.15, 0.2) is 71.8 Å². The number of rotatable bonds is 6. The molecule has 2 aromatic carbocycles. The lowest BCUT2D eigenvalue weighted by Gasteiger charge is -2.09. The summed E-state index contributed by atoms with van der Waals surface area (Å²) in [7, 11) is -2.13. The van der Waals surface area contributed by atoms with Gasteiger partial charge in [-0.3, -0.25) is 0 Å². The highest BCUT2D eigenvalue weighted by Crippen LogP contribution is 2.24. The summed E-state index contributed by atoms with van der Waals surface area (Å²) in [6, 6.07) is 17.2. The molecule has 0 bridgehead atoms. The van der Waals surface area contributed by atoms with Gasteiger partial charge in [-0.05, 0) is 34.9 Å². The highest BCUT2D eigenvalue weighted by molar-refractivity contribution is 7.89. The second-order valence-corrected chi connectivity index (χ2v) is 7.48. The summed E-state index contributed by atoms with van der Waals surface area (Å²) in [4.78, 5) is 7.54. The van der Waals surface area contributed by atoms with E-state index in [1.54, 1.807) is 54.7 Å². The highest BCUT2D eigenvalue weighted by atomic mass is 32.2. The number of hydrogen-bond acceptors (Lipinski definition) is 4. The topological polar surface area (TPSA) is 72.7 Å². The van der Waals surface area contributed by atoms with Gasteiger partial charge in [0.25, 0.3) is 0 Å². The van der Waals surface area contributed by atoms with Crippen LogP contribution in [-0.4, -0.2) is 20.5 Å². The molecule has 0 aliphatic heterocycles. The Morgan fingerprint density at radius 2 is 1.67 bits per heavy atom. The van der Waals surface area contributed by atoms with Crippen molar-refractivity contribution < 1.29 is 13.2 Å². The Morgan fingerprint density at radius 1 is 1.04 bits per heavy atom. The summed E-state index contributed by atoms with van der Waals surface area (Å²) in [6.07, 6.45) is 1.57. The Balaban J connectivity index is 1.73. The largest absolute Gasteiger partial charge is 0.481 e. The summed E-state index contributed by atoms with van der Waals surface area (Å²) < 4.78 is 32.6. The van der Waals surface area contributed by atoms with Crippen LogP contribution in [0.2, 0.25) is 0 Å². The fourth-order valence-electron chi connectivity index (χ4n) is 2.49. The van der Waals surface area contributed by atoms with E-state index in [0.717, 1.165) is 16.7 Å². The van der Waals surface area contributed by atoms with Crippen LogP contribution in [0.25, 0.3) is 16.0 Å². The van der Waals surface area contributed by atoms with Gasteiger partial charge in [0.1, 0.15) is 0 Å². The molecule has 0 amide bonds. The van der Waals surface area contributed by atoms with Crippen molar-refractivity contribution in [2.24, 2.45) is 0 Å². The van der Waals surface area contributed by atoms with E-state index < -0.39 is 10.0 Å². The van der Waals surface area contributed by atoms with Crippen molar-refractivity contribution in [1.82, 2.24) is 9.71 Å². The number of methoxy groups -OCH3 is 1. The van der Waals surface area contributed by atoms with Gasteiger partial charge in [-0.1, -0.05) is 36.4 Å². The summed E-state index contributed by atoms with van der Waals surface area (Å²) in [6.45, 7) is 7.12. The fourth-order valence-corrected chi connectivity index (χ4v) is 3.51. The van der Waals surface area contributed by atoms with Crippen molar-refractivity contribution in [3.05, 3.63) is 83.8 Å². The van der Waals surface area contributed by atoms with Crippen LogP contribution >= 0.6 is 0 Å². The minimum atomic E-state index is -3.64. The number of sulfonamides is 1. The average molecular weight is 379 g/mol.